The zero-order chi connectivity index (χ0) is 20.7. The molecule has 3 rings (SSSR count). The fraction of sp³-hybridized carbons (Fsp3) is 0.545. The van der Waals surface area contributed by atoms with E-state index in [4.69, 9.17) is 4.74 Å². The lowest BCUT2D eigenvalue weighted by Crippen LogP contribution is -2.43. The monoisotopic (exact) mass is 401 g/mol. The van der Waals surface area contributed by atoms with Crippen molar-refractivity contribution >= 4 is 5.96 Å². The Morgan fingerprint density at radius 1 is 1.31 bits per heavy atom. The first-order valence-corrected chi connectivity index (χ1v) is 10.3. The van der Waals surface area contributed by atoms with Gasteiger partial charge in [0.05, 0.1) is 5.69 Å². The molecule has 6 nitrogen and oxygen atoms in total. The van der Waals surface area contributed by atoms with E-state index >= 15 is 0 Å². The lowest BCUT2D eigenvalue weighted by Gasteiger charge is -2.30. The normalized spacial score (nSPS) is 16.2. The predicted molar refractivity (Wildman–Crippen MR) is 114 cm³/mol. The second-order valence-corrected chi connectivity index (χ2v) is 7.86. The maximum Gasteiger partial charge on any atom is 0.191 e. The summed E-state index contributed by atoms with van der Waals surface area (Å²) in [5, 5.41) is 6.76. The van der Waals surface area contributed by atoms with Gasteiger partial charge < -0.3 is 19.9 Å². The van der Waals surface area contributed by atoms with Gasteiger partial charge in [-0.3, -0.25) is 4.99 Å². The third-order valence-corrected chi connectivity index (χ3v) is 5.91. The van der Waals surface area contributed by atoms with Crippen molar-refractivity contribution in [2.45, 2.75) is 45.6 Å². The molecule has 0 unspecified atom stereocenters. The summed E-state index contributed by atoms with van der Waals surface area (Å²) in [5.74, 6) is 1.23. The first-order valence-electron chi connectivity index (χ1n) is 10.3. The molecule has 1 heterocycles. The van der Waals surface area contributed by atoms with E-state index in [0.29, 0.717) is 12.2 Å². The van der Waals surface area contributed by atoms with Crippen molar-refractivity contribution in [3.05, 3.63) is 47.8 Å². The van der Waals surface area contributed by atoms with Gasteiger partial charge >= 0.3 is 0 Å². The number of nitrogens with one attached hydrogen (secondary N) is 2. The molecule has 2 N–H and O–H groups in total. The largest absolute Gasteiger partial charge is 0.385 e. The first kappa shape index (κ1) is 21.3. The smallest absolute Gasteiger partial charge is 0.191 e. The molecule has 0 amide bonds. The number of nitrogens with zero attached hydrogens (tertiary/aromatic N) is 3. The van der Waals surface area contributed by atoms with Crippen LogP contribution in [0, 0.1) is 18.2 Å². The van der Waals surface area contributed by atoms with E-state index in [1.807, 2.05) is 13.0 Å². The maximum absolute atomic E-state index is 14.6. The number of methoxy groups -OCH3 is 1. The van der Waals surface area contributed by atoms with Gasteiger partial charge in [0.25, 0.3) is 0 Å². The molecular weight excluding hydrogens is 369 g/mol. The molecule has 1 saturated carbocycles. The van der Waals surface area contributed by atoms with E-state index in [2.05, 4.69) is 20.6 Å². The standard InChI is InChI=1S/C22H32FN5O/c1-17-25-11-12-28(17)20-7-6-18(14-19(20)23)15-26-21(24-2)27-16-22(10-13-29-3)8-4-5-9-22/h6-7,11-12,14H,4-5,8-10,13,15-16H2,1-3H3,(H2,24,26,27). The molecule has 1 aliphatic rings. The number of halogens is 1. The van der Waals surface area contributed by atoms with Gasteiger partial charge in [0.1, 0.15) is 11.6 Å². The van der Waals surface area contributed by atoms with Crippen LogP contribution in [0.5, 0.6) is 0 Å². The summed E-state index contributed by atoms with van der Waals surface area (Å²) in [4.78, 5) is 8.48. The molecule has 0 aliphatic heterocycles. The summed E-state index contributed by atoms with van der Waals surface area (Å²) in [5.41, 5.74) is 1.65. The van der Waals surface area contributed by atoms with Crippen molar-refractivity contribution < 1.29 is 9.13 Å². The number of aliphatic imine (C=N–C) groups is 1. The summed E-state index contributed by atoms with van der Waals surface area (Å²) in [6.07, 6.45) is 9.50. The van der Waals surface area contributed by atoms with Crippen molar-refractivity contribution in [1.29, 1.82) is 0 Å². The van der Waals surface area contributed by atoms with E-state index in [-0.39, 0.29) is 11.2 Å². The molecule has 0 spiro atoms. The van der Waals surface area contributed by atoms with Gasteiger partial charge in [-0.25, -0.2) is 9.37 Å². The average Bonchev–Trinajstić information content (AvgIpc) is 3.36. The number of aromatic nitrogens is 2. The molecule has 0 saturated heterocycles. The minimum absolute atomic E-state index is 0.266. The molecule has 0 bridgehead atoms. The van der Waals surface area contributed by atoms with Crippen LogP contribution in [0.15, 0.2) is 35.6 Å². The van der Waals surface area contributed by atoms with Gasteiger partial charge in [-0.15, -0.1) is 0 Å². The zero-order valence-electron chi connectivity index (χ0n) is 17.7. The molecule has 29 heavy (non-hydrogen) atoms. The topological polar surface area (TPSA) is 63.5 Å². The molecule has 0 radical (unpaired) electrons. The minimum atomic E-state index is -0.266. The van der Waals surface area contributed by atoms with Crippen molar-refractivity contribution in [2.75, 3.05) is 27.3 Å². The van der Waals surface area contributed by atoms with Crippen LogP contribution in [-0.4, -0.2) is 42.8 Å². The highest BCUT2D eigenvalue weighted by molar-refractivity contribution is 5.79. The van der Waals surface area contributed by atoms with Gasteiger partial charge in [-0.05, 0) is 49.3 Å². The Balaban J connectivity index is 1.57. The number of hydrogen-bond acceptors (Lipinski definition) is 3. The number of ether oxygens (including phenoxy) is 1. The van der Waals surface area contributed by atoms with Crippen LogP contribution in [0.4, 0.5) is 4.39 Å². The fourth-order valence-corrected chi connectivity index (χ4v) is 4.12. The number of guanidine groups is 1. The number of benzene rings is 1. The number of rotatable bonds is 8. The van der Waals surface area contributed by atoms with Crippen LogP contribution in [0.3, 0.4) is 0 Å². The third kappa shape index (κ3) is 5.35. The highest BCUT2D eigenvalue weighted by Gasteiger charge is 2.33. The van der Waals surface area contributed by atoms with Crippen LogP contribution < -0.4 is 10.6 Å². The summed E-state index contributed by atoms with van der Waals surface area (Å²) in [6.45, 7) is 4.03. The van der Waals surface area contributed by atoms with E-state index in [1.54, 1.807) is 43.3 Å². The quantitative estimate of drug-likeness (QED) is 0.524. The number of aryl methyl sites for hydroxylation is 1. The predicted octanol–water partition coefficient (Wildman–Crippen LogP) is 3.58. The zero-order valence-corrected chi connectivity index (χ0v) is 17.7. The third-order valence-electron chi connectivity index (χ3n) is 5.91. The van der Waals surface area contributed by atoms with Crippen LogP contribution >= 0.6 is 0 Å². The second kappa shape index (κ2) is 9.87. The highest BCUT2D eigenvalue weighted by Crippen LogP contribution is 2.40. The molecular formula is C22H32FN5O. The van der Waals surface area contributed by atoms with Gasteiger partial charge in [0.2, 0.25) is 0 Å². The van der Waals surface area contributed by atoms with Crippen LogP contribution in [-0.2, 0) is 11.3 Å². The Morgan fingerprint density at radius 2 is 2.10 bits per heavy atom. The first-order chi connectivity index (χ1) is 14.1. The van der Waals surface area contributed by atoms with Crippen molar-refractivity contribution in [2.24, 2.45) is 10.4 Å². The summed E-state index contributed by atoms with van der Waals surface area (Å²) in [6, 6.07) is 5.27. The Bertz CT molecular complexity index is 826. The molecule has 1 fully saturated rings. The summed E-state index contributed by atoms with van der Waals surface area (Å²) >= 11 is 0. The van der Waals surface area contributed by atoms with E-state index in [9.17, 15) is 4.39 Å². The molecule has 0 atom stereocenters. The van der Waals surface area contributed by atoms with Crippen molar-refractivity contribution in [3.8, 4) is 5.69 Å². The molecule has 1 aromatic heterocycles. The molecule has 2 aromatic rings. The second-order valence-electron chi connectivity index (χ2n) is 7.86. The van der Waals surface area contributed by atoms with Crippen LogP contribution in [0.25, 0.3) is 5.69 Å². The van der Waals surface area contributed by atoms with Crippen molar-refractivity contribution in [1.82, 2.24) is 20.2 Å². The lowest BCUT2D eigenvalue weighted by atomic mass is 9.83. The Labute approximate surface area is 172 Å². The van der Waals surface area contributed by atoms with E-state index in [1.165, 1.54) is 25.7 Å². The summed E-state index contributed by atoms with van der Waals surface area (Å²) < 4.78 is 21.6. The van der Waals surface area contributed by atoms with Crippen molar-refractivity contribution in [3.63, 3.8) is 0 Å². The number of imidazole rings is 1. The number of hydrogen-bond donors (Lipinski definition) is 2. The highest BCUT2D eigenvalue weighted by atomic mass is 19.1. The minimum Gasteiger partial charge on any atom is -0.385 e. The molecule has 158 valence electrons. The Kier molecular flexibility index (Phi) is 7.25. The van der Waals surface area contributed by atoms with Gasteiger partial charge in [-0.2, -0.15) is 0 Å². The van der Waals surface area contributed by atoms with Crippen LogP contribution in [0.2, 0.25) is 0 Å². The van der Waals surface area contributed by atoms with Gasteiger partial charge in [0.15, 0.2) is 5.96 Å². The van der Waals surface area contributed by atoms with E-state index < -0.39 is 0 Å². The summed E-state index contributed by atoms with van der Waals surface area (Å²) in [7, 11) is 3.52. The average molecular weight is 402 g/mol. The SMILES string of the molecule is CN=C(NCc1ccc(-n2ccnc2C)c(F)c1)NCC1(CCOC)CCCC1. The molecule has 7 heteroatoms. The van der Waals surface area contributed by atoms with Gasteiger partial charge in [-0.1, -0.05) is 18.9 Å². The fourth-order valence-electron chi connectivity index (χ4n) is 4.12. The lowest BCUT2D eigenvalue weighted by molar-refractivity contribution is 0.138. The maximum atomic E-state index is 14.6. The van der Waals surface area contributed by atoms with E-state index in [0.717, 1.165) is 36.9 Å². The Morgan fingerprint density at radius 3 is 2.72 bits per heavy atom. The molecule has 1 aliphatic carbocycles. The molecule has 1 aromatic carbocycles. The van der Waals surface area contributed by atoms with Crippen LogP contribution in [0.1, 0.15) is 43.5 Å². The Hall–Kier alpha value is -2.41. The van der Waals surface area contributed by atoms with Gasteiger partial charge in [0, 0.05) is 46.2 Å².